The largest absolute Gasteiger partial charge is 0.326 e. The molecule has 2 aliphatic rings. The van der Waals surface area contributed by atoms with Crippen LogP contribution in [0.3, 0.4) is 0 Å². The van der Waals surface area contributed by atoms with Crippen molar-refractivity contribution in [1.29, 1.82) is 0 Å². The molecule has 1 aromatic rings. The molecule has 1 atom stereocenters. The van der Waals surface area contributed by atoms with Crippen LogP contribution in [0.1, 0.15) is 31.7 Å². The molecule has 1 saturated carbocycles. The van der Waals surface area contributed by atoms with Crippen molar-refractivity contribution in [3.05, 3.63) is 23.8 Å². The molecular formula is C17H24ClN3O2. The van der Waals surface area contributed by atoms with Gasteiger partial charge < -0.3 is 16.0 Å². The van der Waals surface area contributed by atoms with E-state index in [2.05, 4.69) is 16.0 Å². The molecule has 1 spiro atoms. The average Bonchev–Trinajstić information content (AvgIpc) is 3.16. The molecular weight excluding hydrogens is 314 g/mol. The van der Waals surface area contributed by atoms with Crippen LogP contribution in [0.5, 0.6) is 0 Å². The van der Waals surface area contributed by atoms with E-state index in [1.807, 2.05) is 25.1 Å². The van der Waals surface area contributed by atoms with E-state index in [1.165, 1.54) is 6.92 Å². The number of hydrogen-bond donors (Lipinski definition) is 3. The van der Waals surface area contributed by atoms with E-state index >= 15 is 0 Å². The Morgan fingerprint density at radius 2 is 1.91 bits per heavy atom. The highest BCUT2D eigenvalue weighted by molar-refractivity contribution is 5.96. The fraction of sp³-hybridized carbons (Fsp3) is 0.529. The highest BCUT2D eigenvalue weighted by atomic mass is 35.5. The van der Waals surface area contributed by atoms with Crippen molar-refractivity contribution >= 4 is 35.6 Å². The molecule has 0 bridgehead atoms. The maximum absolute atomic E-state index is 12.4. The third kappa shape index (κ3) is 3.85. The standard InChI is InChI=1S/C17H23N3O2.ClH/c1-11-3-4-13(9-15(11)19-12(2)21)20-16(22)14-10-17(14)5-7-18-8-6-17;/h3-4,9,14,18H,5-8,10H2,1-2H3,(H,19,21)(H,20,22);1H. The molecule has 1 aliphatic carbocycles. The van der Waals surface area contributed by atoms with Crippen LogP contribution < -0.4 is 16.0 Å². The molecule has 1 heterocycles. The lowest BCUT2D eigenvalue weighted by Gasteiger charge is -2.23. The van der Waals surface area contributed by atoms with Crippen LogP contribution in [0.25, 0.3) is 0 Å². The Labute approximate surface area is 143 Å². The van der Waals surface area contributed by atoms with Crippen molar-refractivity contribution < 1.29 is 9.59 Å². The van der Waals surface area contributed by atoms with Crippen LogP contribution in [0.15, 0.2) is 18.2 Å². The zero-order chi connectivity index (χ0) is 15.7. The SMILES string of the molecule is CC(=O)Nc1cc(NC(=O)C2CC23CCNCC3)ccc1C.Cl. The number of piperidine rings is 1. The summed E-state index contributed by atoms with van der Waals surface area (Å²) in [5, 5.41) is 9.15. The Kier molecular flexibility index (Phi) is 5.32. The van der Waals surface area contributed by atoms with Crippen molar-refractivity contribution in [2.45, 2.75) is 33.1 Å². The maximum Gasteiger partial charge on any atom is 0.228 e. The van der Waals surface area contributed by atoms with Gasteiger partial charge in [0.2, 0.25) is 11.8 Å². The first-order valence-electron chi connectivity index (χ1n) is 7.90. The van der Waals surface area contributed by atoms with Crippen molar-refractivity contribution in [1.82, 2.24) is 5.32 Å². The molecule has 6 heteroatoms. The van der Waals surface area contributed by atoms with E-state index in [4.69, 9.17) is 0 Å². The Morgan fingerprint density at radius 3 is 2.57 bits per heavy atom. The number of anilines is 2. The maximum atomic E-state index is 12.4. The number of rotatable bonds is 3. The molecule has 0 radical (unpaired) electrons. The van der Waals surface area contributed by atoms with Crippen LogP contribution in [-0.2, 0) is 9.59 Å². The van der Waals surface area contributed by atoms with E-state index in [1.54, 1.807) is 0 Å². The molecule has 0 aromatic heterocycles. The van der Waals surface area contributed by atoms with E-state index < -0.39 is 0 Å². The number of nitrogens with one attached hydrogen (secondary N) is 3. The summed E-state index contributed by atoms with van der Waals surface area (Å²) in [4.78, 5) is 23.7. The molecule has 3 rings (SSSR count). The van der Waals surface area contributed by atoms with Gasteiger partial charge in [0.05, 0.1) is 0 Å². The summed E-state index contributed by atoms with van der Waals surface area (Å²) >= 11 is 0. The second-order valence-electron chi connectivity index (χ2n) is 6.57. The first kappa shape index (κ1) is 17.8. The number of benzene rings is 1. The van der Waals surface area contributed by atoms with E-state index in [0.717, 1.165) is 49.3 Å². The van der Waals surface area contributed by atoms with Gasteiger partial charge in [-0.05, 0) is 62.4 Å². The van der Waals surface area contributed by atoms with Gasteiger partial charge in [-0.25, -0.2) is 0 Å². The quantitative estimate of drug-likeness (QED) is 0.794. The molecule has 1 aliphatic heterocycles. The number of amides is 2. The highest BCUT2D eigenvalue weighted by Crippen LogP contribution is 2.58. The number of hydrogen-bond acceptors (Lipinski definition) is 3. The highest BCUT2D eigenvalue weighted by Gasteiger charge is 2.57. The number of carbonyl (C=O) groups excluding carboxylic acids is 2. The van der Waals surface area contributed by atoms with Crippen molar-refractivity contribution in [2.75, 3.05) is 23.7 Å². The molecule has 23 heavy (non-hydrogen) atoms. The Morgan fingerprint density at radius 1 is 1.22 bits per heavy atom. The minimum absolute atomic E-state index is 0. The van der Waals surface area contributed by atoms with Gasteiger partial charge in [0.25, 0.3) is 0 Å². The summed E-state index contributed by atoms with van der Waals surface area (Å²) < 4.78 is 0. The van der Waals surface area contributed by atoms with Crippen molar-refractivity contribution in [2.24, 2.45) is 11.3 Å². The topological polar surface area (TPSA) is 70.2 Å². The third-order valence-corrected chi connectivity index (χ3v) is 4.92. The number of halogens is 1. The third-order valence-electron chi connectivity index (χ3n) is 4.92. The smallest absolute Gasteiger partial charge is 0.228 e. The van der Waals surface area contributed by atoms with Gasteiger partial charge in [-0.1, -0.05) is 6.07 Å². The zero-order valence-corrected chi connectivity index (χ0v) is 14.4. The summed E-state index contributed by atoms with van der Waals surface area (Å²) in [5.74, 6) is 0.141. The zero-order valence-electron chi connectivity index (χ0n) is 13.6. The second-order valence-corrected chi connectivity index (χ2v) is 6.57. The van der Waals surface area contributed by atoms with Crippen molar-refractivity contribution in [3.8, 4) is 0 Å². The van der Waals surface area contributed by atoms with Gasteiger partial charge >= 0.3 is 0 Å². The second kappa shape index (κ2) is 6.89. The monoisotopic (exact) mass is 337 g/mol. The lowest BCUT2D eigenvalue weighted by atomic mass is 9.92. The summed E-state index contributed by atoms with van der Waals surface area (Å²) in [6.07, 6.45) is 3.19. The van der Waals surface area contributed by atoms with Gasteiger partial charge in [-0.3, -0.25) is 9.59 Å². The van der Waals surface area contributed by atoms with Gasteiger partial charge in [-0.2, -0.15) is 0 Å². The summed E-state index contributed by atoms with van der Waals surface area (Å²) in [7, 11) is 0. The van der Waals surface area contributed by atoms with Crippen LogP contribution in [-0.4, -0.2) is 24.9 Å². The van der Waals surface area contributed by atoms with Crippen LogP contribution in [0.4, 0.5) is 11.4 Å². The van der Waals surface area contributed by atoms with Gasteiger partial charge in [0.1, 0.15) is 0 Å². The first-order chi connectivity index (χ1) is 10.5. The van der Waals surface area contributed by atoms with Gasteiger partial charge in [0, 0.05) is 24.2 Å². The van der Waals surface area contributed by atoms with Gasteiger partial charge in [-0.15, -0.1) is 12.4 Å². The molecule has 126 valence electrons. The fourth-order valence-corrected chi connectivity index (χ4v) is 3.45. The van der Waals surface area contributed by atoms with E-state index in [0.29, 0.717) is 0 Å². The van der Waals surface area contributed by atoms with E-state index in [-0.39, 0.29) is 35.6 Å². The summed E-state index contributed by atoms with van der Waals surface area (Å²) in [6, 6.07) is 5.62. The lowest BCUT2D eigenvalue weighted by molar-refractivity contribution is -0.118. The molecule has 2 fully saturated rings. The molecule has 1 unspecified atom stereocenters. The summed E-state index contributed by atoms with van der Waals surface area (Å²) in [5.41, 5.74) is 2.71. The van der Waals surface area contributed by atoms with Gasteiger partial charge in [0.15, 0.2) is 0 Å². The lowest BCUT2D eigenvalue weighted by Crippen LogP contribution is -2.31. The van der Waals surface area contributed by atoms with Crippen molar-refractivity contribution in [3.63, 3.8) is 0 Å². The first-order valence-corrected chi connectivity index (χ1v) is 7.90. The Balaban J connectivity index is 0.00000192. The molecule has 2 amide bonds. The van der Waals surface area contributed by atoms with Crippen LogP contribution in [0, 0.1) is 18.3 Å². The number of aryl methyl sites for hydroxylation is 1. The minimum Gasteiger partial charge on any atom is -0.326 e. The predicted molar refractivity (Wildman–Crippen MR) is 94.0 cm³/mol. The summed E-state index contributed by atoms with van der Waals surface area (Å²) in [6.45, 7) is 5.44. The Bertz CT molecular complexity index is 612. The molecule has 3 N–H and O–H groups in total. The number of carbonyl (C=O) groups is 2. The minimum atomic E-state index is -0.109. The van der Waals surface area contributed by atoms with Crippen LogP contribution >= 0.6 is 12.4 Å². The average molecular weight is 338 g/mol. The predicted octanol–water partition coefficient (Wildman–Crippen LogP) is 2.70. The normalized spacial score (nSPS) is 21.2. The molecule has 5 nitrogen and oxygen atoms in total. The molecule has 1 saturated heterocycles. The fourth-order valence-electron chi connectivity index (χ4n) is 3.45. The Hall–Kier alpha value is -1.59. The van der Waals surface area contributed by atoms with E-state index in [9.17, 15) is 9.59 Å². The van der Waals surface area contributed by atoms with Crippen LogP contribution in [0.2, 0.25) is 0 Å². The molecule has 1 aromatic carbocycles.